The summed E-state index contributed by atoms with van der Waals surface area (Å²) in [5, 5.41) is 9.10. The molecule has 13 heavy (non-hydrogen) atoms. The van der Waals surface area contributed by atoms with E-state index in [-0.39, 0.29) is 6.61 Å². The van der Waals surface area contributed by atoms with Crippen LogP contribution in [0.25, 0.3) is 0 Å². The minimum absolute atomic E-state index is 0.271. The Kier molecular flexibility index (Phi) is 2.34. The van der Waals surface area contributed by atoms with Crippen LogP contribution in [-0.4, -0.2) is 29.2 Å². The Morgan fingerprint density at radius 3 is 2.46 bits per heavy atom. The van der Waals surface area contributed by atoms with E-state index in [1.807, 2.05) is 6.07 Å². The molecule has 0 bridgehead atoms. The summed E-state index contributed by atoms with van der Waals surface area (Å²) >= 11 is 0. The molecule has 1 saturated heterocycles. The fraction of sp³-hybridized carbons (Fsp3) is 0.455. The SMILES string of the molecule is CCN1[C@H](CO)[C@@H]1c1ccccc1. The lowest BCUT2D eigenvalue weighted by atomic mass is 10.1. The summed E-state index contributed by atoms with van der Waals surface area (Å²) in [6.07, 6.45) is 0. The second-order valence-corrected chi connectivity index (χ2v) is 3.44. The average Bonchev–Trinajstić information content (AvgIpc) is 2.92. The molecule has 1 aliphatic heterocycles. The number of hydrogen-bond acceptors (Lipinski definition) is 2. The van der Waals surface area contributed by atoms with E-state index >= 15 is 0 Å². The van der Waals surface area contributed by atoms with Gasteiger partial charge in [0.1, 0.15) is 0 Å². The maximum atomic E-state index is 9.10. The van der Waals surface area contributed by atoms with Crippen LogP contribution >= 0.6 is 0 Å². The number of rotatable bonds is 3. The third-order valence-electron chi connectivity index (χ3n) is 2.75. The maximum Gasteiger partial charge on any atom is 0.0605 e. The predicted octanol–water partition coefficient (Wildman–Crippen LogP) is 1.42. The van der Waals surface area contributed by atoms with Gasteiger partial charge in [0.05, 0.1) is 18.7 Å². The molecule has 2 nitrogen and oxygen atoms in total. The van der Waals surface area contributed by atoms with Crippen molar-refractivity contribution < 1.29 is 5.11 Å². The van der Waals surface area contributed by atoms with Gasteiger partial charge in [-0.05, 0) is 12.1 Å². The molecule has 1 aromatic carbocycles. The summed E-state index contributed by atoms with van der Waals surface area (Å²) in [5.74, 6) is 0. The Morgan fingerprint density at radius 1 is 1.31 bits per heavy atom. The minimum atomic E-state index is 0.271. The first-order chi connectivity index (χ1) is 6.38. The van der Waals surface area contributed by atoms with Gasteiger partial charge in [-0.1, -0.05) is 37.3 Å². The summed E-state index contributed by atoms with van der Waals surface area (Å²) in [7, 11) is 0. The van der Waals surface area contributed by atoms with E-state index in [0.717, 1.165) is 6.54 Å². The predicted molar refractivity (Wildman–Crippen MR) is 52.4 cm³/mol. The first-order valence-corrected chi connectivity index (χ1v) is 4.80. The Bertz CT molecular complexity index is 263. The number of aliphatic hydroxyl groups is 1. The minimum Gasteiger partial charge on any atom is -0.395 e. The summed E-state index contributed by atoms with van der Waals surface area (Å²) in [4.78, 5) is 2.30. The zero-order valence-corrected chi connectivity index (χ0v) is 7.85. The Labute approximate surface area is 78.8 Å². The summed E-state index contributed by atoms with van der Waals surface area (Å²) in [6, 6.07) is 11.2. The first-order valence-electron chi connectivity index (χ1n) is 4.80. The van der Waals surface area contributed by atoms with Crippen molar-refractivity contribution in [2.75, 3.05) is 13.2 Å². The lowest BCUT2D eigenvalue weighted by Crippen LogP contribution is -2.03. The second-order valence-electron chi connectivity index (χ2n) is 3.44. The van der Waals surface area contributed by atoms with Gasteiger partial charge in [-0.2, -0.15) is 0 Å². The number of nitrogens with zero attached hydrogens (tertiary/aromatic N) is 1. The fourth-order valence-corrected chi connectivity index (χ4v) is 2.03. The molecule has 0 spiro atoms. The van der Waals surface area contributed by atoms with Crippen LogP contribution in [-0.2, 0) is 0 Å². The molecular weight excluding hydrogens is 162 g/mol. The largest absolute Gasteiger partial charge is 0.395 e. The normalized spacial score (nSPS) is 31.7. The van der Waals surface area contributed by atoms with Crippen LogP contribution in [0.15, 0.2) is 30.3 Å². The van der Waals surface area contributed by atoms with E-state index in [4.69, 9.17) is 5.11 Å². The zero-order chi connectivity index (χ0) is 9.26. The Hall–Kier alpha value is -0.860. The standard InChI is InChI=1S/C11H15NO/c1-2-12-10(8-13)11(12)9-6-4-3-5-7-9/h3-7,10-11,13H,2,8H2,1H3/t10-,11+,12?/m1/s1. The average molecular weight is 177 g/mol. The summed E-state index contributed by atoms with van der Waals surface area (Å²) < 4.78 is 0. The van der Waals surface area contributed by atoms with Gasteiger partial charge in [0.15, 0.2) is 0 Å². The van der Waals surface area contributed by atoms with Crippen molar-refractivity contribution in [2.24, 2.45) is 0 Å². The van der Waals surface area contributed by atoms with E-state index < -0.39 is 0 Å². The third-order valence-corrected chi connectivity index (χ3v) is 2.75. The molecule has 1 N–H and O–H groups in total. The van der Waals surface area contributed by atoms with Crippen LogP contribution in [0.2, 0.25) is 0 Å². The highest BCUT2D eigenvalue weighted by molar-refractivity contribution is 5.26. The molecule has 1 fully saturated rings. The monoisotopic (exact) mass is 177 g/mol. The van der Waals surface area contributed by atoms with Gasteiger partial charge in [-0.25, -0.2) is 0 Å². The molecule has 0 amide bonds. The lowest BCUT2D eigenvalue weighted by Gasteiger charge is -1.97. The number of benzene rings is 1. The number of hydrogen-bond donors (Lipinski definition) is 1. The fourth-order valence-electron chi connectivity index (χ4n) is 2.03. The lowest BCUT2D eigenvalue weighted by molar-refractivity contribution is 0.275. The number of likely N-dealkylation sites (N-methyl/N-ethyl adjacent to an activating group) is 1. The summed E-state index contributed by atoms with van der Waals surface area (Å²) in [5.41, 5.74) is 1.32. The molecule has 1 unspecified atom stereocenters. The van der Waals surface area contributed by atoms with E-state index in [1.54, 1.807) is 0 Å². The van der Waals surface area contributed by atoms with E-state index in [0.29, 0.717) is 12.1 Å². The van der Waals surface area contributed by atoms with Gasteiger partial charge in [0, 0.05) is 0 Å². The van der Waals surface area contributed by atoms with Gasteiger partial charge < -0.3 is 5.11 Å². The first kappa shape index (κ1) is 8.73. The number of aliphatic hydroxyl groups excluding tert-OH is 1. The molecule has 0 aromatic heterocycles. The van der Waals surface area contributed by atoms with Crippen molar-refractivity contribution in [3.8, 4) is 0 Å². The van der Waals surface area contributed by atoms with Crippen LogP contribution in [0, 0.1) is 0 Å². The Morgan fingerprint density at radius 2 is 2.00 bits per heavy atom. The van der Waals surface area contributed by atoms with Crippen molar-refractivity contribution in [2.45, 2.75) is 19.0 Å². The van der Waals surface area contributed by atoms with Crippen molar-refractivity contribution in [1.29, 1.82) is 0 Å². The molecule has 3 atom stereocenters. The van der Waals surface area contributed by atoms with Gasteiger partial charge in [-0.3, -0.25) is 4.90 Å². The highest BCUT2D eigenvalue weighted by Gasteiger charge is 2.46. The van der Waals surface area contributed by atoms with Gasteiger partial charge in [0.2, 0.25) is 0 Å². The van der Waals surface area contributed by atoms with Gasteiger partial charge in [0.25, 0.3) is 0 Å². The second kappa shape index (κ2) is 3.48. The molecule has 1 aliphatic rings. The quantitative estimate of drug-likeness (QED) is 0.706. The molecule has 0 saturated carbocycles. The van der Waals surface area contributed by atoms with Crippen LogP contribution in [0.5, 0.6) is 0 Å². The summed E-state index contributed by atoms with van der Waals surface area (Å²) in [6.45, 7) is 3.42. The molecule has 70 valence electrons. The van der Waals surface area contributed by atoms with Crippen molar-refractivity contribution in [3.05, 3.63) is 35.9 Å². The van der Waals surface area contributed by atoms with Gasteiger partial charge >= 0.3 is 0 Å². The van der Waals surface area contributed by atoms with Crippen LogP contribution < -0.4 is 0 Å². The Balaban J connectivity index is 2.12. The molecule has 1 heterocycles. The maximum absolute atomic E-state index is 9.10. The van der Waals surface area contributed by atoms with Crippen LogP contribution in [0.3, 0.4) is 0 Å². The van der Waals surface area contributed by atoms with Crippen molar-refractivity contribution >= 4 is 0 Å². The highest BCUT2D eigenvalue weighted by Crippen LogP contribution is 2.41. The van der Waals surface area contributed by atoms with Crippen molar-refractivity contribution in [3.63, 3.8) is 0 Å². The van der Waals surface area contributed by atoms with Crippen LogP contribution in [0.4, 0.5) is 0 Å². The molecule has 0 radical (unpaired) electrons. The van der Waals surface area contributed by atoms with E-state index in [2.05, 4.69) is 36.1 Å². The highest BCUT2D eigenvalue weighted by atomic mass is 16.3. The van der Waals surface area contributed by atoms with Gasteiger partial charge in [-0.15, -0.1) is 0 Å². The molecule has 1 aromatic rings. The van der Waals surface area contributed by atoms with E-state index in [1.165, 1.54) is 5.56 Å². The van der Waals surface area contributed by atoms with Crippen molar-refractivity contribution in [1.82, 2.24) is 4.90 Å². The van der Waals surface area contributed by atoms with Crippen LogP contribution in [0.1, 0.15) is 18.5 Å². The molecule has 0 aliphatic carbocycles. The molecule has 2 rings (SSSR count). The third kappa shape index (κ3) is 1.47. The zero-order valence-electron chi connectivity index (χ0n) is 7.85. The molecule has 2 heteroatoms. The van der Waals surface area contributed by atoms with E-state index in [9.17, 15) is 0 Å². The molecular formula is C11H15NO. The topological polar surface area (TPSA) is 23.2 Å². The smallest absolute Gasteiger partial charge is 0.0605 e.